The van der Waals surface area contributed by atoms with Gasteiger partial charge in [0, 0.05) is 27.5 Å². The van der Waals surface area contributed by atoms with E-state index in [0.29, 0.717) is 0 Å². The van der Waals surface area contributed by atoms with Gasteiger partial charge in [0.05, 0.1) is 5.69 Å². The van der Waals surface area contributed by atoms with E-state index < -0.39 is 0 Å². The van der Waals surface area contributed by atoms with Gasteiger partial charge >= 0.3 is 0 Å². The number of nitrogens with zero attached hydrogens (tertiary/aromatic N) is 1. The lowest BCUT2D eigenvalue weighted by atomic mass is 10.2. The minimum atomic E-state index is -0.194. The molecule has 0 fully saturated rings. The Balaban J connectivity index is 1.57. The van der Waals surface area contributed by atoms with Gasteiger partial charge in [0.1, 0.15) is 10.8 Å². The Hall–Kier alpha value is -1.36. The number of benzene rings is 2. The van der Waals surface area contributed by atoms with E-state index in [0.717, 1.165) is 38.4 Å². The van der Waals surface area contributed by atoms with E-state index in [1.807, 2.05) is 36.4 Å². The van der Waals surface area contributed by atoms with Crippen molar-refractivity contribution in [1.29, 1.82) is 0 Å². The summed E-state index contributed by atoms with van der Waals surface area (Å²) >= 11 is 9.31. The van der Waals surface area contributed by atoms with E-state index in [-0.39, 0.29) is 5.82 Å². The van der Waals surface area contributed by atoms with E-state index in [4.69, 9.17) is 11.6 Å². The van der Waals surface area contributed by atoms with Crippen LogP contribution in [0.1, 0.15) is 11.3 Å². The Morgan fingerprint density at radius 1 is 1.00 bits per heavy atom. The largest absolute Gasteiger partial charge is 0.240 e. The molecular weight excluding hydrogens is 337 g/mol. The topological polar surface area (TPSA) is 12.9 Å². The number of rotatable bonds is 5. The minimum absolute atomic E-state index is 0.194. The summed E-state index contributed by atoms with van der Waals surface area (Å²) in [4.78, 5) is 4.65. The second kappa shape index (κ2) is 7.27. The number of thiazole rings is 1. The van der Waals surface area contributed by atoms with Crippen LogP contribution in [0.25, 0.3) is 10.6 Å². The van der Waals surface area contributed by atoms with Gasteiger partial charge in [-0.25, -0.2) is 9.37 Å². The van der Waals surface area contributed by atoms with Gasteiger partial charge in [-0.05, 0) is 29.8 Å². The Morgan fingerprint density at radius 2 is 1.73 bits per heavy atom. The van der Waals surface area contributed by atoms with Gasteiger partial charge in [-0.3, -0.25) is 0 Å². The highest BCUT2D eigenvalue weighted by molar-refractivity contribution is 7.97. The first-order chi connectivity index (χ1) is 10.7. The molecule has 0 saturated carbocycles. The fourth-order valence-corrected chi connectivity index (χ4v) is 3.90. The zero-order chi connectivity index (χ0) is 15.4. The molecule has 0 aliphatic rings. The minimum Gasteiger partial charge on any atom is -0.240 e. The SMILES string of the molecule is Fc1ccc(CSCc2csc(-c3ccc(Cl)cc3)n2)cc1. The Morgan fingerprint density at radius 3 is 2.45 bits per heavy atom. The van der Waals surface area contributed by atoms with Crippen molar-refractivity contribution in [2.45, 2.75) is 11.5 Å². The van der Waals surface area contributed by atoms with Crippen LogP contribution in [0.3, 0.4) is 0 Å². The summed E-state index contributed by atoms with van der Waals surface area (Å²) in [5, 5.41) is 3.83. The molecule has 1 nitrogen and oxygen atoms in total. The average molecular weight is 350 g/mol. The molecule has 0 N–H and O–H groups in total. The normalized spacial score (nSPS) is 10.8. The zero-order valence-corrected chi connectivity index (χ0v) is 14.0. The van der Waals surface area contributed by atoms with E-state index >= 15 is 0 Å². The third-order valence-corrected chi connectivity index (χ3v) is 5.30. The lowest BCUT2D eigenvalue weighted by molar-refractivity contribution is 0.627. The first kappa shape index (κ1) is 15.5. The third-order valence-electron chi connectivity index (χ3n) is 3.07. The number of hydrogen-bond acceptors (Lipinski definition) is 3. The molecule has 2 aromatic carbocycles. The molecule has 0 unspecified atom stereocenters. The zero-order valence-electron chi connectivity index (χ0n) is 11.6. The molecule has 0 aliphatic heterocycles. The second-order valence-corrected chi connectivity index (χ2v) is 7.05. The molecule has 0 bridgehead atoms. The molecule has 1 heterocycles. The van der Waals surface area contributed by atoms with Gasteiger partial charge in [0.15, 0.2) is 0 Å². The van der Waals surface area contributed by atoms with Gasteiger partial charge in [-0.1, -0.05) is 35.9 Å². The summed E-state index contributed by atoms with van der Waals surface area (Å²) in [7, 11) is 0. The standard InChI is InChI=1S/C17H13ClFNS2/c18-14-5-3-13(4-6-14)17-20-16(11-22-17)10-21-9-12-1-7-15(19)8-2-12/h1-8,11H,9-10H2. The predicted octanol–water partition coefficient (Wildman–Crippen LogP) is 6.04. The maximum atomic E-state index is 12.8. The highest BCUT2D eigenvalue weighted by Gasteiger charge is 2.05. The summed E-state index contributed by atoms with van der Waals surface area (Å²) in [6.07, 6.45) is 0. The molecular formula is C17H13ClFNS2. The summed E-state index contributed by atoms with van der Waals surface area (Å²) in [6.45, 7) is 0. The first-order valence-electron chi connectivity index (χ1n) is 6.73. The van der Waals surface area contributed by atoms with Crippen molar-refractivity contribution in [2.75, 3.05) is 0 Å². The van der Waals surface area contributed by atoms with Crippen molar-refractivity contribution in [1.82, 2.24) is 4.98 Å². The molecule has 112 valence electrons. The van der Waals surface area contributed by atoms with E-state index in [1.165, 1.54) is 12.1 Å². The Labute approximate surface area is 142 Å². The van der Waals surface area contributed by atoms with Crippen LogP contribution in [0, 0.1) is 5.82 Å². The quantitative estimate of drug-likeness (QED) is 0.557. The maximum absolute atomic E-state index is 12.8. The van der Waals surface area contributed by atoms with Crippen LogP contribution < -0.4 is 0 Å². The van der Waals surface area contributed by atoms with Crippen molar-refractivity contribution in [2.24, 2.45) is 0 Å². The molecule has 0 aliphatic carbocycles. The van der Waals surface area contributed by atoms with Crippen LogP contribution in [0.2, 0.25) is 5.02 Å². The first-order valence-corrected chi connectivity index (χ1v) is 9.14. The Bertz CT molecular complexity index is 738. The van der Waals surface area contributed by atoms with E-state index in [1.54, 1.807) is 23.1 Å². The molecule has 0 amide bonds. The number of thioether (sulfide) groups is 1. The molecule has 0 atom stereocenters. The van der Waals surface area contributed by atoms with Crippen LogP contribution in [0.4, 0.5) is 4.39 Å². The average Bonchev–Trinajstić information content (AvgIpc) is 2.99. The monoisotopic (exact) mass is 349 g/mol. The van der Waals surface area contributed by atoms with Gasteiger partial charge in [0.2, 0.25) is 0 Å². The fourth-order valence-electron chi connectivity index (χ4n) is 1.95. The molecule has 0 radical (unpaired) electrons. The molecule has 0 spiro atoms. The number of halogens is 2. The summed E-state index contributed by atoms with van der Waals surface area (Å²) in [6, 6.07) is 14.4. The maximum Gasteiger partial charge on any atom is 0.123 e. The molecule has 0 saturated heterocycles. The summed E-state index contributed by atoms with van der Waals surface area (Å²) < 4.78 is 12.8. The smallest absolute Gasteiger partial charge is 0.123 e. The van der Waals surface area contributed by atoms with Crippen LogP contribution in [-0.4, -0.2) is 4.98 Å². The van der Waals surface area contributed by atoms with Crippen molar-refractivity contribution in [3.63, 3.8) is 0 Å². The molecule has 3 aromatic rings. The van der Waals surface area contributed by atoms with Crippen molar-refractivity contribution < 1.29 is 4.39 Å². The number of aromatic nitrogens is 1. The fraction of sp³-hybridized carbons (Fsp3) is 0.118. The third kappa shape index (κ3) is 4.09. The van der Waals surface area contributed by atoms with Crippen LogP contribution >= 0.6 is 34.7 Å². The number of hydrogen-bond donors (Lipinski definition) is 0. The van der Waals surface area contributed by atoms with Gasteiger partial charge in [-0.2, -0.15) is 11.8 Å². The Kier molecular flexibility index (Phi) is 5.13. The van der Waals surface area contributed by atoms with Gasteiger partial charge in [0.25, 0.3) is 0 Å². The second-order valence-electron chi connectivity index (χ2n) is 4.77. The van der Waals surface area contributed by atoms with E-state index in [9.17, 15) is 4.39 Å². The summed E-state index contributed by atoms with van der Waals surface area (Å²) in [5.41, 5.74) is 3.28. The summed E-state index contributed by atoms with van der Waals surface area (Å²) in [5.74, 6) is 1.51. The van der Waals surface area contributed by atoms with Crippen LogP contribution in [0.5, 0.6) is 0 Å². The van der Waals surface area contributed by atoms with Crippen LogP contribution in [0.15, 0.2) is 53.9 Å². The van der Waals surface area contributed by atoms with Crippen molar-refractivity contribution in [3.8, 4) is 10.6 Å². The van der Waals surface area contributed by atoms with E-state index in [2.05, 4.69) is 10.4 Å². The van der Waals surface area contributed by atoms with Gasteiger partial charge < -0.3 is 0 Å². The van der Waals surface area contributed by atoms with Gasteiger partial charge in [-0.15, -0.1) is 11.3 Å². The van der Waals surface area contributed by atoms with Crippen LogP contribution in [-0.2, 0) is 11.5 Å². The van der Waals surface area contributed by atoms with Crippen molar-refractivity contribution in [3.05, 3.63) is 76.0 Å². The predicted molar refractivity (Wildman–Crippen MR) is 94.0 cm³/mol. The van der Waals surface area contributed by atoms with Crippen molar-refractivity contribution >= 4 is 34.7 Å². The molecule has 1 aromatic heterocycles. The lowest BCUT2D eigenvalue weighted by Crippen LogP contribution is -1.85. The molecule has 22 heavy (non-hydrogen) atoms. The lowest BCUT2D eigenvalue weighted by Gasteiger charge is -2.00. The molecule has 3 rings (SSSR count). The highest BCUT2D eigenvalue weighted by atomic mass is 35.5. The molecule has 5 heteroatoms. The highest BCUT2D eigenvalue weighted by Crippen LogP contribution is 2.27.